The molecule has 0 radical (unpaired) electrons. The summed E-state index contributed by atoms with van der Waals surface area (Å²) in [5.41, 5.74) is -1.19. The molecule has 90 valence electrons. The Balaban J connectivity index is 2.83. The Kier molecular flexibility index (Phi) is 3.67. The number of ether oxygens (including phenoxy) is 2. The lowest BCUT2D eigenvalue weighted by molar-refractivity contribution is -0.159. The van der Waals surface area contributed by atoms with E-state index in [-0.39, 0.29) is 6.61 Å². The Morgan fingerprint density at radius 3 is 2.62 bits per heavy atom. The van der Waals surface area contributed by atoms with E-state index < -0.39 is 29.1 Å². The van der Waals surface area contributed by atoms with Crippen molar-refractivity contribution in [3.63, 3.8) is 0 Å². The first-order valence-corrected chi connectivity index (χ1v) is 5.26. The lowest BCUT2D eigenvalue weighted by Crippen LogP contribution is -2.37. The van der Waals surface area contributed by atoms with E-state index in [2.05, 4.69) is 4.74 Å². The highest BCUT2D eigenvalue weighted by molar-refractivity contribution is 6.13. The Hall–Kier alpha value is -1.39. The third-order valence-electron chi connectivity index (χ3n) is 3.00. The van der Waals surface area contributed by atoms with Crippen LogP contribution in [-0.4, -0.2) is 31.4 Å². The van der Waals surface area contributed by atoms with Crippen molar-refractivity contribution in [2.24, 2.45) is 11.3 Å². The van der Waals surface area contributed by atoms with Crippen molar-refractivity contribution in [1.82, 2.24) is 0 Å². The van der Waals surface area contributed by atoms with Gasteiger partial charge >= 0.3 is 11.9 Å². The van der Waals surface area contributed by atoms with Crippen molar-refractivity contribution in [3.8, 4) is 0 Å². The van der Waals surface area contributed by atoms with E-state index in [0.717, 1.165) is 0 Å². The standard InChI is InChI=1S/C11H16O5/c1-4-16-10(14)11(2)6-5-7(8(11)12)9(13)15-3/h7H,4-6H2,1-3H3/t7-,11+/m1/s1. The molecule has 0 amide bonds. The molecule has 0 unspecified atom stereocenters. The molecule has 5 heteroatoms. The van der Waals surface area contributed by atoms with Gasteiger partial charge < -0.3 is 9.47 Å². The first-order valence-electron chi connectivity index (χ1n) is 5.26. The Labute approximate surface area is 94.1 Å². The quantitative estimate of drug-likeness (QED) is 0.525. The van der Waals surface area contributed by atoms with Gasteiger partial charge in [0, 0.05) is 0 Å². The third-order valence-corrected chi connectivity index (χ3v) is 3.00. The van der Waals surface area contributed by atoms with Crippen LogP contribution in [0.15, 0.2) is 0 Å². The minimum Gasteiger partial charge on any atom is -0.468 e. The van der Waals surface area contributed by atoms with Crippen LogP contribution in [-0.2, 0) is 23.9 Å². The lowest BCUT2D eigenvalue weighted by atomic mass is 9.86. The van der Waals surface area contributed by atoms with Gasteiger partial charge in [-0.1, -0.05) is 0 Å². The van der Waals surface area contributed by atoms with Crippen LogP contribution >= 0.6 is 0 Å². The summed E-state index contributed by atoms with van der Waals surface area (Å²) in [4.78, 5) is 34.9. The second kappa shape index (κ2) is 4.63. The Morgan fingerprint density at radius 2 is 2.12 bits per heavy atom. The summed E-state index contributed by atoms with van der Waals surface area (Å²) in [5.74, 6) is -2.33. The van der Waals surface area contributed by atoms with Gasteiger partial charge in [-0.3, -0.25) is 14.4 Å². The highest BCUT2D eigenvalue weighted by atomic mass is 16.5. The molecule has 1 aliphatic carbocycles. The summed E-state index contributed by atoms with van der Waals surface area (Å²) < 4.78 is 9.37. The summed E-state index contributed by atoms with van der Waals surface area (Å²) in [5, 5.41) is 0. The first kappa shape index (κ1) is 12.7. The van der Waals surface area contributed by atoms with Gasteiger partial charge in [-0.05, 0) is 26.7 Å². The molecule has 1 saturated carbocycles. The number of rotatable bonds is 3. The number of Topliss-reactive ketones (excluding diaryl/α,β-unsaturated/α-hetero) is 1. The fourth-order valence-corrected chi connectivity index (χ4v) is 1.93. The number of carbonyl (C=O) groups excluding carboxylic acids is 3. The minimum absolute atomic E-state index is 0.227. The molecule has 0 bridgehead atoms. The SMILES string of the molecule is CCOC(=O)[C@@]1(C)CC[C@@H](C(=O)OC)C1=O. The Morgan fingerprint density at radius 1 is 1.50 bits per heavy atom. The number of hydrogen-bond donors (Lipinski definition) is 0. The summed E-state index contributed by atoms with van der Waals surface area (Å²) in [6.45, 7) is 3.43. The van der Waals surface area contributed by atoms with E-state index in [1.54, 1.807) is 6.92 Å². The van der Waals surface area contributed by atoms with Gasteiger partial charge in [0.1, 0.15) is 11.3 Å². The van der Waals surface area contributed by atoms with Crippen LogP contribution in [0.25, 0.3) is 0 Å². The van der Waals surface area contributed by atoms with Crippen molar-refractivity contribution in [3.05, 3.63) is 0 Å². The summed E-state index contributed by atoms with van der Waals surface area (Å²) in [6.07, 6.45) is 0.686. The van der Waals surface area contributed by atoms with E-state index in [4.69, 9.17) is 4.74 Å². The molecule has 1 fully saturated rings. The summed E-state index contributed by atoms with van der Waals surface area (Å²) in [6, 6.07) is 0. The van der Waals surface area contributed by atoms with E-state index in [1.165, 1.54) is 14.0 Å². The molecule has 0 aliphatic heterocycles. The van der Waals surface area contributed by atoms with Crippen molar-refractivity contribution in [1.29, 1.82) is 0 Å². The summed E-state index contributed by atoms with van der Waals surface area (Å²) >= 11 is 0. The van der Waals surface area contributed by atoms with Crippen molar-refractivity contribution in [2.45, 2.75) is 26.7 Å². The van der Waals surface area contributed by atoms with Crippen molar-refractivity contribution < 1.29 is 23.9 Å². The second-order valence-electron chi connectivity index (χ2n) is 4.03. The topological polar surface area (TPSA) is 69.7 Å². The van der Waals surface area contributed by atoms with E-state index in [9.17, 15) is 14.4 Å². The molecule has 0 saturated heterocycles. The molecule has 0 heterocycles. The van der Waals surface area contributed by atoms with E-state index >= 15 is 0 Å². The van der Waals surface area contributed by atoms with Crippen LogP contribution in [0, 0.1) is 11.3 Å². The van der Waals surface area contributed by atoms with Gasteiger partial charge in [0.25, 0.3) is 0 Å². The maximum Gasteiger partial charge on any atom is 0.319 e. The van der Waals surface area contributed by atoms with Gasteiger partial charge in [-0.2, -0.15) is 0 Å². The van der Waals surface area contributed by atoms with E-state index in [1.807, 2.05) is 0 Å². The zero-order valence-electron chi connectivity index (χ0n) is 9.74. The minimum atomic E-state index is -1.19. The van der Waals surface area contributed by atoms with Crippen LogP contribution in [0.2, 0.25) is 0 Å². The maximum absolute atomic E-state index is 11.9. The molecule has 1 aliphatic rings. The van der Waals surface area contributed by atoms with Crippen molar-refractivity contribution >= 4 is 17.7 Å². The zero-order chi connectivity index (χ0) is 12.3. The largest absolute Gasteiger partial charge is 0.468 e. The Bertz CT molecular complexity index is 322. The predicted octanol–water partition coefficient (Wildman–Crippen LogP) is 0.708. The molecule has 1 rings (SSSR count). The molecule has 0 aromatic carbocycles. The molecular formula is C11H16O5. The molecule has 16 heavy (non-hydrogen) atoms. The summed E-state index contributed by atoms with van der Waals surface area (Å²) in [7, 11) is 1.23. The van der Waals surface area contributed by atoms with Crippen LogP contribution in [0.3, 0.4) is 0 Å². The fourth-order valence-electron chi connectivity index (χ4n) is 1.93. The third kappa shape index (κ3) is 1.94. The van der Waals surface area contributed by atoms with Crippen LogP contribution in [0.5, 0.6) is 0 Å². The molecule has 0 N–H and O–H groups in total. The number of hydrogen-bond acceptors (Lipinski definition) is 5. The molecule has 0 aromatic rings. The molecule has 2 atom stereocenters. The van der Waals surface area contributed by atoms with Gasteiger partial charge in [0.2, 0.25) is 0 Å². The van der Waals surface area contributed by atoms with Gasteiger partial charge in [-0.25, -0.2) is 0 Å². The second-order valence-corrected chi connectivity index (χ2v) is 4.03. The number of carbonyl (C=O) groups is 3. The smallest absolute Gasteiger partial charge is 0.319 e. The molecular weight excluding hydrogens is 212 g/mol. The van der Waals surface area contributed by atoms with E-state index in [0.29, 0.717) is 12.8 Å². The number of ketones is 1. The fraction of sp³-hybridized carbons (Fsp3) is 0.727. The lowest BCUT2D eigenvalue weighted by Gasteiger charge is -2.19. The molecule has 5 nitrogen and oxygen atoms in total. The molecule has 0 spiro atoms. The van der Waals surface area contributed by atoms with Gasteiger partial charge in [-0.15, -0.1) is 0 Å². The van der Waals surface area contributed by atoms with Crippen LogP contribution in [0.1, 0.15) is 26.7 Å². The van der Waals surface area contributed by atoms with Gasteiger partial charge in [0.05, 0.1) is 13.7 Å². The highest BCUT2D eigenvalue weighted by Crippen LogP contribution is 2.39. The van der Waals surface area contributed by atoms with Crippen LogP contribution < -0.4 is 0 Å². The monoisotopic (exact) mass is 228 g/mol. The number of esters is 2. The number of methoxy groups -OCH3 is 1. The zero-order valence-corrected chi connectivity index (χ0v) is 9.74. The van der Waals surface area contributed by atoms with Crippen molar-refractivity contribution in [2.75, 3.05) is 13.7 Å². The van der Waals surface area contributed by atoms with Crippen LogP contribution in [0.4, 0.5) is 0 Å². The average molecular weight is 228 g/mol. The normalized spacial score (nSPS) is 28.9. The predicted molar refractivity (Wildman–Crippen MR) is 54.5 cm³/mol. The first-order chi connectivity index (χ1) is 7.47. The van der Waals surface area contributed by atoms with Gasteiger partial charge in [0.15, 0.2) is 5.78 Å². The average Bonchev–Trinajstić information content (AvgIpc) is 2.57. The molecule has 0 aromatic heterocycles. The highest BCUT2D eigenvalue weighted by Gasteiger charge is 2.53. The maximum atomic E-state index is 11.9.